The van der Waals surface area contributed by atoms with Crippen LogP contribution in [0.2, 0.25) is 0 Å². The van der Waals surface area contributed by atoms with Gasteiger partial charge >= 0.3 is 5.76 Å². The standard InChI is InChI=1S/C15H11BrFN3O4/c1-8(13(21)18-11-5-4-9(16)7-10(11)17)20-15(22)24-14(19-20)12-3-2-6-23-12/h2-8H,1H3,(H,18,21)/t8-/m1/s1. The topological polar surface area (TPSA) is 90.3 Å². The molecule has 1 atom stereocenters. The van der Waals surface area contributed by atoms with Crippen LogP contribution in [0.25, 0.3) is 11.7 Å². The molecule has 0 saturated heterocycles. The van der Waals surface area contributed by atoms with Crippen LogP contribution in [0, 0.1) is 5.82 Å². The monoisotopic (exact) mass is 395 g/mol. The summed E-state index contributed by atoms with van der Waals surface area (Å²) in [7, 11) is 0. The minimum absolute atomic E-state index is 0.00199. The third-order valence-corrected chi connectivity index (χ3v) is 3.73. The van der Waals surface area contributed by atoms with Crippen LogP contribution in [0.5, 0.6) is 0 Å². The number of carbonyl (C=O) groups excluding carboxylic acids is 1. The number of amides is 1. The van der Waals surface area contributed by atoms with Gasteiger partial charge < -0.3 is 14.2 Å². The smallest absolute Gasteiger partial charge is 0.438 e. The van der Waals surface area contributed by atoms with Crippen LogP contribution in [0.4, 0.5) is 10.1 Å². The fraction of sp³-hybridized carbons (Fsp3) is 0.133. The van der Waals surface area contributed by atoms with Crippen molar-refractivity contribution in [3.8, 4) is 11.7 Å². The van der Waals surface area contributed by atoms with Crippen molar-refractivity contribution in [3.63, 3.8) is 0 Å². The summed E-state index contributed by atoms with van der Waals surface area (Å²) in [5.74, 6) is -1.82. The molecule has 0 radical (unpaired) electrons. The first kappa shape index (κ1) is 16.2. The number of carbonyl (C=O) groups is 1. The van der Waals surface area contributed by atoms with Crippen molar-refractivity contribution in [2.45, 2.75) is 13.0 Å². The predicted molar refractivity (Wildman–Crippen MR) is 85.9 cm³/mol. The van der Waals surface area contributed by atoms with Crippen molar-refractivity contribution in [2.75, 3.05) is 5.32 Å². The van der Waals surface area contributed by atoms with Crippen LogP contribution >= 0.6 is 15.9 Å². The highest BCUT2D eigenvalue weighted by Crippen LogP contribution is 2.21. The Balaban J connectivity index is 1.82. The number of rotatable bonds is 4. The molecule has 1 aromatic carbocycles. The molecule has 3 aromatic rings. The molecule has 0 bridgehead atoms. The van der Waals surface area contributed by atoms with Gasteiger partial charge in [-0.15, -0.1) is 5.10 Å². The lowest BCUT2D eigenvalue weighted by Gasteiger charge is -2.11. The fourth-order valence-electron chi connectivity index (χ4n) is 1.97. The van der Waals surface area contributed by atoms with Gasteiger partial charge in [-0.3, -0.25) is 4.79 Å². The Hall–Kier alpha value is -2.68. The van der Waals surface area contributed by atoms with Crippen molar-refractivity contribution in [3.05, 3.63) is 57.4 Å². The summed E-state index contributed by atoms with van der Waals surface area (Å²) in [6, 6.07) is 6.38. The molecule has 7 nitrogen and oxygen atoms in total. The van der Waals surface area contributed by atoms with Gasteiger partial charge in [-0.2, -0.15) is 4.68 Å². The molecule has 0 unspecified atom stereocenters. The second-order valence-electron chi connectivity index (χ2n) is 4.88. The van der Waals surface area contributed by atoms with E-state index in [1.165, 1.54) is 25.3 Å². The molecule has 0 aliphatic carbocycles. The molecule has 2 heterocycles. The first-order valence-corrected chi connectivity index (χ1v) is 7.64. The minimum Gasteiger partial charge on any atom is -0.459 e. The Labute approximate surface area is 143 Å². The molecule has 1 N–H and O–H groups in total. The highest BCUT2D eigenvalue weighted by atomic mass is 79.9. The van der Waals surface area contributed by atoms with Crippen molar-refractivity contribution in [1.82, 2.24) is 9.78 Å². The number of furan rings is 1. The Kier molecular flexibility index (Phi) is 4.34. The largest absolute Gasteiger partial charge is 0.459 e. The molecule has 0 saturated carbocycles. The number of hydrogen-bond acceptors (Lipinski definition) is 5. The van der Waals surface area contributed by atoms with Crippen LogP contribution in [-0.4, -0.2) is 15.7 Å². The molecule has 0 aliphatic rings. The maximum Gasteiger partial charge on any atom is 0.438 e. The molecule has 0 spiro atoms. The van der Waals surface area contributed by atoms with Crippen LogP contribution < -0.4 is 11.1 Å². The molecule has 3 rings (SSSR count). The maximum atomic E-state index is 13.8. The van der Waals surface area contributed by atoms with Crippen LogP contribution in [0.15, 0.2) is 54.7 Å². The Morgan fingerprint density at radius 1 is 1.42 bits per heavy atom. The number of halogens is 2. The van der Waals surface area contributed by atoms with Crippen molar-refractivity contribution < 1.29 is 18.0 Å². The molecular formula is C15H11BrFN3O4. The zero-order chi connectivity index (χ0) is 17.3. The van der Waals surface area contributed by atoms with E-state index in [1.54, 1.807) is 18.2 Å². The Bertz CT molecular complexity index is 933. The van der Waals surface area contributed by atoms with E-state index in [4.69, 9.17) is 8.83 Å². The molecule has 9 heteroatoms. The van der Waals surface area contributed by atoms with Gasteiger partial charge in [0.1, 0.15) is 11.9 Å². The maximum absolute atomic E-state index is 13.8. The quantitative estimate of drug-likeness (QED) is 0.732. The van der Waals surface area contributed by atoms with E-state index >= 15 is 0 Å². The van der Waals surface area contributed by atoms with Gasteiger partial charge in [-0.25, -0.2) is 9.18 Å². The SMILES string of the molecule is C[C@H](C(=O)Nc1ccc(Br)cc1F)n1nc(-c2ccco2)oc1=O. The average Bonchev–Trinajstić information content (AvgIpc) is 3.18. The van der Waals surface area contributed by atoms with E-state index in [-0.39, 0.29) is 17.3 Å². The first-order valence-electron chi connectivity index (χ1n) is 6.85. The normalized spacial score (nSPS) is 12.1. The second-order valence-corrected chi connectivity index (χ2v) is 5.80. The van der Waals surface area contributed by atoms with E-state index in [1.807, 2.05) is 0 Å². The number of anilines is 1. The second kappa shape index (κ2) is 6.44. The summed E-state index contributed by atoms with van der Waals surface area (Å²) in [4.78, 5) is 24.1. The molecular weight excluding hydrogens is 385 g/mol. The first-order chi connectivity index (χ1) is 11.5. The van der Waals surface area contributed by atoms with E-state index in [0.29, 0.717) is 4.47 Å². The van der Waals surface area contributed by atoms with Gasteiger partial charge in [0, 0.05) is 4.47 Å². The number of benzene rings is 1. The highest BCUT2D eigenvalue weighted by Gasteiger charge is 2.23. The van der Waals surface area contributed by atoms with E-state index < -0.39 is 23.5 Å². The molecule has 1 amide bonds. The number of nitrogens with one attached hydrogen (secondary N) is 1. The summed E-state index contributed by atoms with van der Waals surface area (Å²) < 4.78 is 25.2. The third kappa shape index (κ3) is 3.16. The summed E-state index contributed by atoms with van der Waals surface area (Å²) in [6.07, 6.45) is 1.40. The molecule has 2 aromatic heterocycles. The van der Waals surface area contributed by atoms with Crippen LogP contribution in [0.3, 0.4) is 0 Å². The van der Waals surface area contributed by atoms with E-state index in [9.17, 15) is 14.0 Å². The molecule has 0 fully saturated rings. The Morgan fingerprint density at radius 3 is 2.88 bits per heavy atom. The summed E-state index contributed by atoms with van der Waals surface area (Å²) >= 11 is 3.13. The zero-order valence-electron chi connectivity index (χ0n) is 12.3. The van der Waals surface area contributed by atoms with Crippen molar-refractivity contribution in [2.24, 2.45) is 0 Å². The van der Waals surface area contributed by atoms with Gasteiger partial charge in [-0.05, 0) is 37.3 Å². The van der Waals surface area contributed by atoms with Gasteiger partial charge in [0.15, 0.2) is 5.76 Å². The summed E-state index contributed by atoms with van der Waals surface area (Å²) in [5.41, 5.74) is -0.00199. The van der Waals surface area contributed by atoms with E-state index in [0.717, 1.165) is 4.68 Å². The number of nitrogens with zero attached hydrogens (tertiary/aromatic N) is 2. The molecule has 124 valence electrons. The van der Waals surface area contributed by atoms with Crippen LogP contribution in [-0.2, 0) is 4.79 Å². The van der Waals surface area contributed by atoms with Crippen molar-refractivity contribution >= 4 is 27.5 Å². The predicted octanol–water partition coefficient (Wildman–Crippen LogP) is 3.20. The van der Waals surface area contributed by atoms with Gasteiger partial charge in [0.25, 0.3) is 5.89 Å². The third-order valence-electron chi connectivity index (χ3n) is 3.24. The van der Waals surface area contributed by atoms with Gasteiger partial charge in [0.05, 0.1) is 12.0 Å². The Morgan fingerprint density at radius 2 is 2.21 bits per heavy atom. The number of hydrogen-bond donors (Lipinski definition) is 1. The number of aromatic nitrogens is 2. The van der Waals surface area contributed by atoms with Gasteiger partial charge in [-0.1, -0.05) is 15.9 Å². The fourth-order valence-corrected chi connectivity index (χ4v) is 2.31. The van der Waals surface area contributed by atoms with E-state index in [2.05, 4.69) is 26.3 Å². The molecule has 24 heavy (non-hydrogen) atoms. The lowest BCUT2D eigenvalue weighted by molar-refractivity contribution is -0.119. The average molecular weight is 396 g/mol. The van der Waals surface area contributed by atoms with Crippen LogP contribution in [0.1, 0.15) is 13.0 Å². The van der Waals surface area contributed by atoms with Gasteiger partial charge in [0.2, 0.25) is 5.91 Å². The lowest BCUT2D eigenvalue weighted by Crippen LogP contribution is -2.30. The summed E-state index contributed by atoms with van der Waals surface area (Å²) in [6.45, 7) is 1.45. The molecule has 0 aliphatic heterocycles. The lowest BCUT2D eigenvalue weighted by atomic mass is 10.2. The zero-order valence-corrected chi connectivity index (χ0v) is 13.9. The van der Waals surface area contributed by atoms with Crippen molar-refractivity contribution in [1.29, 1.82) is 0 Å². The highest BCUT2D eigenvalue weighted by molar-refractivity contribution is 9.10. The minimum atomic E-state index is -1.01. The summed E-state index contributed by atoms with van der Waals surface area (Å²) in [5, 5.41) is 6.34.